The summed E-state index contributed by atoms with van der Waals surface area (Å²) in [7, 11) is 0. The van der Waals surface area contributed by atoms with E-state index < -0.39 is 0 Å². The first-order valence-electron chi connectivity index (χ1n) is 10.0. The molecule has 0 saturated carbocycles. The smallest absolute Gasteiger partial charge is 0.0476 e. The van der Waals surface area contributed by atoms with E-state index in [1.165, 1.54) is 33.4 Å². The zero-order valence-electron chi connectivity index (χ0n) is 17.0. The zero-order chi connectivity index (χ0) is 20.1. The van der Waals surface area contributed by atoms with Crippen LogP contribution in [0.15, 0.2) is 12.1 Å². The Hall–Kier alpha value is -1.06. The minimum atomic E-state index is 0.526. The maximum absolute atomic E-state index is 6.81. The third kappa shape index (κ3) is 4.35. The molecule has 4 N–H and O–H groups in total. The molecule has 0 amide bonds. The molecule has 0 aliphatic carbocycles. The van der Waals surface area contributed by atoms with Gasteiger partial charge in [-0.05, 0) is 70.2 Å². The van der Waals surface area contributed by atoms with Gasteiger partial charge in [-0.25, -0.2) is 0 Å². The van der Waals surface area contributed by atoms with Gasteiger partial charge < -0.3 is 11.5 Å². The average Bonchev–Trinajstić information content (AvgIpc) is 2.69. The number of halogens is 2. The average molecular weight is 407 g/mol. The monoisotopic (exact) mass is 406 g/mol. The highest BCUT2D eigenvalue weighted by molar-refractivity contribution is 6.33. The molecule has 0 bridgehead atoms. The summed E-state index contributed by atoms with van der Waals surface area (Å²) < 4.78 is 0. The minimum absolute atomic E-state index is 0.526. The fraction of sp³-hybridized carbons (Fsp3) is 0.478. The van der Waals surface area contributed by atoms with Gasteiger partial charge in [0.05, 0.1) is 0 Å². The second kappa shape index (κ2) is 9.93. The molecule has 0 atom stereocenters. The van der Waals surface area contributed by atoms with Gasteiger partial charge in [0.1, 0.15) is 0 Å². The molecule has 0 unspecified atom stereocenters. The predicted octanol–water partition coefficient (Wildman–Crippen LogP) is 5.75. The Morgan fingerprint density at radius 3 is 1.22 bits per heavy atom. The van der Waals surface area contributed by atoms with Crippen molar-refractivity contribution >= 4 is 23.2 Å². The van der Waals surface area contributed by atoms with Crippen molar-refractivity contribution < 1.29 is 0 Å². The maximum atomic E-state index is 6.81. The van der Waals surface area contributed by atoms with Gasteiger partial charge in [-0.2, -0.15) is 0 Å². The fourth-order valence-corrected chi connectivity index (χ4v) is 4.84. The molecule has 0 aromatic heterocycles. The van der Waals surface area contributed by atoms with Crippen LogP contribution >= 0.6 is 23.2 Å². The number of aryl methyl sites for hydroxylation is 2. The first-order valence-corrected chi connectivity index (χ1v) is 10.8. The molecule has 2 aromatic carbocycles. The van der Waals surface area contributed by atoms with Gasteiger partial charge in [0, 0.05) is 29.6 Å². The van der Waals surface area contributed by atoms with Gasteiger partial charge in [0.25, 0.3) is 0 Å². The van der Waals surface area contributed by atoms with E-state index in [1.807, 2.05) is 0 Å². The molecule has 0 radical (unpaired) electrons. The van der Waals surface area contributed by atoms with Crippen LogP contribution < -0.4 is 11.5 Å². The molecule has 2 nitrogen and oxygen atoms in total. The van der Waals surface area contributed by atoms with Crippen molar-refractivity contribution in [3.05, 3.63) is 66.7 Å². The van der Waals surface area contributed by atoms with Crippen LogP contribution in [0.2, 0.25) is 10.0 Å². The SMILES string of the molecule is CCc1cc(Cc2cc(CC)c(CN)c(CC)c2Cl)c(Cl)c(CC)c1CN. The summed E-state index contributed by atoms with van der Waals surface area (Å²) in [4.78, 5) is 0. The van der Waals surface area contributed by atoms with E-state index in [9.17, 15) is 0 Å². The van der Waals surface area contributed by atoms with Crippen LogP contribution in [0.25, 0.3) is 0 Å². The van der Waals surface area contributed by atoms with E-state index in [0.29, 0.717) is 13.1 Å². The number of nitrogens with two attached hydrogens (primary N) is 2. The predicted molar refractivity (Wildman–Crippen MR) is 119 cm³/mol. The lowest BCUT2D eigenvalue weighted by molar-refractivity contribution is 0.935. The summed E-state index contributed by atoms with van der Waals surface area (Å²) >= 11 is 13.6. The van der Waals surface area contributed by atoms with E-state index in [1.54, 1.807) is 0 Å². The topological polar surface area (TPSA) is 52.0 Å². The lowest BCUT2D eigenvalue weighted by Crippen LogP contribution is -2.10. The van der Waals surface area contributed by atoms with Crippen LogP contribution in [0.3, 0.4) is 0 Å². The van der Waals surface area contributed by atoms with E-state index in [2.05, 4.69) is 39.8 Å². The Labute approximate surface area is 174 Å². The highest BCUT2D eigenvalue weighted by atomic mass is 35.5. The Morgan fingerprint density at radius 2 is 0.963 bits per heavy atom. The molecular formula is C23H32Cl2N2. The van der Waals surface area contributed by atoms with Crippen LogP contribution in [0.5, 0.6) is 0 Å². The summed E-state index contributed by atoms with van der Waals surface area (Å²) in [6, 6.07) is 4.43. The molecule has 0 heterocycles. The summed E-state index contributed by atoms with van der Waals surface area (Å²) in [6.07, 6.45) is 4.39. The molecule has 0 spiro atoms. The molecule has 2 rings (SSSR count). The van der Waals surface area contributed by atoms with Crippen LogP contribution in [-0.2, 0) is 45.2 Å². The highest BCUT2D eigenvalue weighted by Gasteiger charge is 2.18. The summed E-state index contributed by atoms with van der Waals surface area (Å²) in [5, 5.41) is 1.68. The number of hydrogen-bond acceptors (Lipinski definition) is 2. The normalized spacial score (nSPS) is 11.3. The lowest BCUT2D eigenvalue weighted by Gasteiger charge is -2.20. The molecule has 27 heavy (non-hydrogen) atoms. The Morgan fingerprint density at radius 1 is 0.593 bits per heavy atom. The van der Waals surface area contributed by atoms with Crippen molar-refractivity contribution in [2.75, 3.05) is 0 Å². The van der Waals surface area contributed by atoms with Crippen molar-refractivity contribution in [3.63, 3.8) is 0 Å². The Balaban J connectivity index is 2.63. The standard InChI is InChI=1S/C23H32Cl2N2/c1-5-14-9-16(22(24)18(7-3)20(14)12-26)11-17-10-15(6-2)21(13-27)19(8-4)23(17)25/h9-10H,5-8,11-13,26-27H2,1-4H3. The highest BCUT2D eigenvalue weighted by Crippen LogP contribution is 2.35. The number of rotatable bonds is 8. The van der Waals surface area contributed by atoms with E-state index in [4.69, 9.17) is 34.7 Å². The second-order valence-electron chi connectivity index (χ2n) is 6.93. The first kappa shape index (κ1) is 22.2. The number of hydrogen-bond donors (Lipinski definition) is 2. The Kier molecular flexibility index (Phi) is 8.18. The Bertz CT molecular complexity index is 746. The second-order valence-corrected chi connectivity index (χ2v) is 7.69. The van der Waals surface area contributed by atoms with Crippen LogP contribution in [0.1, 0.15) is 72.2 Å². The summed E-state index contributed by atoms with van der Waals surface area (Å²) in [5.41, 5.74) is 21.6. The van der Waals surface area contributed by atoms with Crippen molar-refractivity contribution in [1.29, 1.82) is 0 Å². The molecule has 0 aliphatic rings. The van der Waals surface area contributed by atoms with E-state index in [0.717, 1.165) is 53.3 Å². The van der Waals surface area contributed by atoms with Gasteiger partial charge in [0.15, 0.2) is 0 Å². The van der Waals surface area contributed by atoms with Crippen LogP contribution in [0.4, 0.5) is 0 Å². The van der Waals surface area contributed by atoms with Crippen molar-refractivity contribution in [1.82, 2.24) is 0 Å². The first-order chi connectivity index (χ1) is 13.0. The van der Waals surface area contributed by atoms with Gasteiger partial charge in [-0.15, -0.1) is 0 Å². The third-order valence-corrected chi connectivity index (χ3v) is 6.49. The van der Waals surface area contributed by atoms with E-state index >= 15 is 0 Å². The zero-order valence-corrected chi connectivity index (χ0v) is 18.5. The van der Waals surface area contributed by atoms with Crippen LogP contribution in [-0.4, -0.2) is 0 Å². The summed E-state index contributed by atoms with van der Waals surface area (Å²) in [6.45, 7) is 9.66. The van der Waals surface area contributed by atoms with Crippen molar-refractivity contribution in [3.8, 4) is 0 Å². The third-order valence-electron chi connectivity index (χ3n) is 5.55. The molecule has 0 fully saturated rings. The van der Waals surface area contributed by atoms with Gasteiger partial charge in [-0.3, -0.25) is 0 Å². The fourth-order valence-electron chi connectivity index (χ4n) is 4.10. The van der Waals surface area contributed by atoms with Gasteiger partial charge in [-0.1, -0.05) is 63.0 Å². The van der Waals surface area contributed by atoms with Crippen LogP contribution in [0, 0.1) is 0 Å². The van der Waals surface area contributed by atoms with E-state index in [-0.39, 0.29) is 0 Å². The molecule has 0 saturated heterocycles. The summed E-state index contributed by atoms with van der Waals surface area (Å²) in [5.74, 6) is 0. The molecule has 148 valence electrons. The largest absolute Gasteiger partial charge is 0.326 e. The van der Waals surface area contributed by atoms with Gasteiger partial charge in [0.2, 0.25) is 0 Å². The number of benzene rings is 2. The molecule has 0 aliphatic heterocycles. The maximum Gasteiger partial charge on any atom is 0.0476 e. The van der Waals surface area contributed by atoms with Gasteiger partial charge >= 0.3 is 0 Å². The lowest BCUT2D eigenvalue weighted by atomic mass is 9.89. The van der Waals surface area contributed by atoms with Crippen molar-refractivity contribution in [2.24, 2.45) is 11.5 Å². The molecular weight excluding hydrogens is 375 g/mol. The molecule has 2 aromatic rings. The molecule has 4 heteroatoms. The minimum Gasteiger partial charge on any atom is -0.326 e. The van der Waals surface area contributed by atoms with Crippen molar-refractivity contribution in [2.45, 2.75) is 72.9 Å². The quantitative estimate of drug-likeness (QED) is 0.585.